The Morgan fingerprint density at radius 2 is 1.89 bits per heavy atom. The summed E-state index contributed by atoms with van der Waals surface area (Å²) in [6.45, 7) is 1.64. The Labute approximate surface area is 110 Å². The summed E-state index contributed by atoms with van der Waals surface area (Å²) in [7, 11) is -2.95. The zero-order valence-corrected chi connectivity index (χ0v) is 12.0. The van der Waals surface area contributed by atoms with Crippen LogP contribution in [0.3, 0.4) is 0 Å². The van der Waals surface area contributed by atoms with Crippen LogP contribution in [0.5, 0.6) is 0 Å². The smallest absolute Gasteiger partial charge is 0.150 e. The lowest BCUT2D eigenvalue weighted by Gasteiger charge is -2.19. The number of nitrogens with two attached hydrogens (primary N) is 1. The highest BCUT2D eigenvalue weighted by atomic mass is 32.2. The van der Waals surface area contributed by atoms with Gasteiger partial charge in [0, 0.05) is 24.1 Å². The predicted molar refractivity (Wildman–Crippen MR) is 73.1 cm³/mol. The van der Waals surface area contributed by atoms with E-state index in [4.69, 9.17) is 5.73 Å². The average molecular weight is 275 g/mol. The van der Waals surface area contributed by atoms with Crippen LogP contribution in [0.4, 0.5) is 0 Å². The fourth-order valence-corrected chi connectivity index (χ4v) is 3.40. The maximum atomic E-state index is 12.1. The van der Waals surface area contributed by atoms with E-state index in [9.17, 15) is 13.2 Å². The second-order valence-electron chi connectivity index (χ2n) is 5.21. The fraction of sp³-hybridized carbons (Fsp3) is 0.923. The quantitative estimate of drug-likeness (QED) is 0.748. The third-order valence-corrected chi connectivity index (χ3v) is 5.59. The van der Waals surface area contributed by atoms with Crippen molar-refractivity contribution in [2.45, 2.75) is 57.9 Å². The molecule has 0 saturated heterocycles. The molecule has 1 aliphatic carbocycles. The number of hydrogen-bond donors (Lipinski definition) is 1. The van der Waals surface area contributed by atoms with E-state index in [1.165, 1.54) is 0 Å². The van der Waals surface area contributed by atoms with Crippen molar-refractivity contribution >= 4 is 15.6 Å². The van der Waals surface area contributed by atoms with E-state index < -0.39 is 9.84 Å². The molecule has 0 aromatic carbocycles. The van der Waals surface area contributed by atoms with Gasteiger partial charge in [0.15, 0.2) is 0 Å². The Morgan fingerprint density at radius 3 is 2.56 bits per heavy atom. The summed E-state index contributed by atoms with van der Waals surface area (Å²) in [6, 6.07) is -0.0252. The van der Waals surface area contributed by atoms with Crippen LogP contribution in [0.25, 0.3) is 0 Å². The first-order valence-corrected chi connectivity index (χ1v) is 8.77. The highest BCUT2D eigenvalue weighted by molar-refractivity contribution is 7.91. The van der Waals surface area contributed by atoms with Gasteiger partial charge >= 0.3 is 0 Å². The topological polar surface area (TPSA) is 77.2 Å². The van der Waals surface area contributed by atoms with Crippen molar-refractivity contribution < 1.29 is 13.2 Å². The number of Topliss-reactive ketones (excluding diaryl/α,β-unsaturated/α-hetero) is 1. The number of ketones is 1. The van der Waals surface area contributed by atoms with E-state index in [0.717, 1.165) is 32.1 Å². The first-order chi connectivity index (χ1) is 8.46. The van der Waals surface area contributed by atoms with Gasteiger partial charge in [-0.2, -0.15) is 0 Å². The molecule has 2 N–H and O–H groups in total. The monoisotopic (exact) mass is 275 g/mol. The summed E-state index contributed by atoms with van der Waals surface area (Å²) >= 11 is 0. The molecule has 18 heavy (non-hydrogen) atoms. The molecule has 1 saturated carbocycles. The van der Waals surface area contributed by atoms with Crippen molar-refractivity contribution in [3.63, 3.8) is 0 Å². The first kappa shape index (κ1) is 15.6. The summed E-state index contributed by atoms with van der Waals surface area (Å²) in [6.07, 6.45) is 5.92. The molecular formula is C13H25NO3S. The van der Waals surface area contributed by atoms with Crippen LogP contribution in [0.2, 0.25) is 0 Å². The Hall–Kier alpha value is -0.420. The molecule has 4 nitrogen and oxygen atoms in total. The third-order valence-electron chi connectivity index (χ3n) is 3.80. The molecule has 106 valence electrons. The summed E-state index contributed by atoms with van der Waals surface area (Å²) in [5, 5.41) is 0. The third kappa shape index (κ3) is 5.06. The Kier molecular flexibility index (Phi) is 6.29. The molecule has 1 aliphatic rings. The average Bonchev–Trinajstić information content (AvgIpc) is 2.53. The van der Waals surface area contributed by atoms with Gasteiger partial charge in [-0.15, -0.1) is 0 Å². The van der Waals surface area contributed by atoms with Gasteiger partial charge in [-0.1, -0.05) is 26.2 Å². The summed E-state index contributed by atoms with van der Waals surface area (Å²) in [4.78, 5) is 12.1. The summed E-state index contributed by atoms with van der Waals surface area (Å²) in [5.74, 6) is 0.397. The van der Waals surface area contributed by atoms with Gasteiger partial charge in [0.2, 0.25) is 0 Å². The van der Waals surface area contributed by atoms with E-state index in [-0.39, 0.29) is 29.2 Å². The van der Waals surface area contributed by atoms with Crippen LogP contribution in [-0.2, 0) is 14.6 Å². The van der Waals surface area contributed by atoms with E-state index in [0.29, 0.717) is 12.8 Å². The van der Waals surface area contributed by atoms with Crippen molar-refractivity contribution in [1.82, 2.24) is 0 Å². The lowest BCUT2D eigenvalue weighted by atomic mass is 9.89. The van der Waals surface area contributed by atoms with Gasteiger partial charge < -0.3 is 5.73 Å². The number of hydrogen-bond acceptors (Lipinski definition) is 4. The maximum absolute atomic E-state index is 12.1. The normalized spacial score (nSPS) is 25.7. The Morgan fingerprint density at radius 1 is 1.22 bits per heavy atom. The highest BCUT2D eigenvalue weighted by Gasteiger charge is 2.26. The minimum absolute atomic E-state index is 0.0252. The number of carbonyl (C=O) groups is 1. The SMILES string of the molecule is CCS(=O)(=O)CCCC(=O)C1CCCCCC1N. The summed E-state index contributed by atoms with van der Waals surface area (Å²) in [5.41, 5.74) is 6.02. The molecule has 2 atom stereocenters. The molecule has 0 radical (unpaired) electrons. The number of sulfone groups is 1. The van der Waals surface area contributed by atoms with Crippen molar-refractivity contribution in [2.24, 2.45) is 11.7 Å². The lowest BCUT2D eigenvalue weighted by Crippen LogP contribution is -2.34. The van der Waals surface area contributed by atoms with Crippen LogP contribution < -0.4 is 5.73 Å². The zero-order chi connectivity index (χ0) is 13.6. The molecule has 0 heterocycles. The second-order valence-corrected chi connectivity index (χ2v) is 7.69. The van der Waals surface area contributed by atoms with Crippen LogP contribution in [0, 0.1) is 5.92 Å². The maximum Gasteiger partial charge on any atom is 0.150 e. The molecule has 0 aromatic heterocycles. The molecule has 2 unspecified atom stereocenters. The largest absolute Gasteiger partial charge is 0.327 e. The molecule has 0 bridgehead atoms. The van der Waals surface area contributed by atoms with Gasteiger partial charge in [-0.05, 0) is 19.3 Å². The fourth-order valence-electron chi connectivity index (χ4n) is 2.53. The number of carbonyl (C=O) groups excluding carboxylic acids is 1. The first-order valence-electron chi connectivity index (χ1n) is 6.95. The number of rotatable bonds is 6. The summed E-state index contributed by atoms with van der Waals surface area (Å²) < 4.78 is 22.7. The molecule has 1 fully saturated rings. The lowest BCUT2D eigenvalue weighted by molar-refractivity contribution is -0.123. The molecule has 0 aromatic rings. The van der Waals surface area contributed by atoms with E-state index in [1.807, 2.05) is 0 Å². The Bertz CT molecular complexity index is 364. The molecule has 0 spiro atoms. The van der Waals surface area contributed by atoms with Crippen LogP contribution in [0.1, 0.15) is 51.9 Å². The second kappa shape index (κ2) is 7.24. The minimum Gasteiger partial charge on any atom is -0.327 e. The van der Waals surface area contributed by atoms with Gasteiger partial charge in [0.25, 0.3) is 0 Å². The van der Waals surface area contributed by atoms with Crippen molar-refractivity contribution in [1.29, 1.82) is 0 Å². The molecule has 0 aliphatic heterocycles. The highest BCUT2D eigenvalue weighted by Crippen LogP contribution is 2.24. The van der Waals surface area contributed by atoms with Crippen molar-refractivity contribution in [2.75, 3.05) is 11.5 Å². The van der Waals surface area contributed by atoms with E-state index in [2.05, 4.69) is 0 Å². The predicted octanol–water partition coefficient (Wildman–Crippen LogP) is 1.68. The van der Waals surface area contributed by atoms with Gasteiger partial charge in [0.1, 0.15) is 15.6 Å². The zero-order valence-electron chi connectivity index (χ0n) is 11.2. The van der Waals surface area contributed by atoms with Crippen LogP contribution >= 0.6 is 0 Å². The Balaban J connectivity index is 2.39. The van der Waals surface area contributed by atoms with Crippen LogP contribution in [0.15, 0.2) is 0 Å². The molecule has 5 heteroatoms. The van der Waals surface area contributed by atoms with Crippen molar-refractivity contribution in [3.05, 3.63) is 0 Å². The van der Waals surface area contributed by atoms with Gasteiger partial charge in [-0.25, -0.2) is 8.42 Å². The van der Waals surface area contributed by atoms with E-state index in [1.54, 1.807) is 6.92 Å². The minimum atomic E-state index is -2.95. The molecule has 1 rings (SSSR count). The standard InChI is InChI=1S/C13H25NO3S/c1-2-18(16,17)10-6-9-13(15)11-7-4-3-5-8-12(11)14/h11-12H,2-10,14H2,1H3. The van der Waals surface area contributed by atoms with Crippen LogP contribution in [-0.4, -0.2) is 31.7 Å². The van der Waals surface area contributed by atoms with Gasteiger partial charge in [0.05, 0.1) is 5.75 Å². The molecule has 0 amide bonds. The molecular weight excluding hydrogens is 250 g/mol. The van der Waals surface area contributed by atoms with Crippen molar-refractivity contribution in [3.8, 4) is 0 Å². The van der Waals surface area contributed by atoms with E-state index >= 15 is 0 Å². The van der Waals surface area contributed by atoms with Gasteiger partial charge in [-0.3, -0.25) is 4.79 Å².